The van der Waals surface area contributed by atoms with E-state index in [1.165, 1.54) is 12.8 Å². The number of nitrogens with zero attached hydrogens (tertiary/aromatic N) is 1. The fraction of sp³-hybridized carbons (Fsp3) is 0.533. The SMILES string of the molecule is CCCCCN(C)c1cc(C(=O)NCC)ccc1N. The minimum atomic E-state index is -0.0503. The second-order valence-electron chi connectivity index (χ2n) is 4.76. The van der Waals surface area contributed by atoms with E-state index in [1.807, 2.05) is 20.0 Å². The normalized spacial score (nSPS) is 10.3. The number of carbonyl (C=O) groups excluding carboxylic acids is 1. The zero-order chi connectivity index (χ0) is 14.3. The van der Waals surface area contributed by atoms with Gasteiger partial charge in [0, 0.05) is 25.7 Å². The lowest BCUT2D eigenvalue weighted by Crippen LogP contribution is -2.24. The van der Waals surface area contributed by atoms with Gasteiger partial charge in [0.1, 0.15) is 0 Å². The topological polar surface area (TPSA) is 58.4 Å². The second kappa shape index (κ2) is 7.67. The zero-order valence-corrected chi connectivity index (χ0v) is 12.2. The van der Waals surface area contributed by atoms with Crippen LogP contribution in [0, 0.1) is 0 Å². The molecule has 0 spiro atoms. The van der Waals surface area contributed by atoms with Gasteiger partial charge in [-0.1, -0.05) is 19.8 Å². The highest BCUT2D eigenvalue weighted by atomic mass is 16.1. The van der Waals surface area contributed by atoms with Crippen molar-refractivity contribution in [3.8, 4) is 0 Å². The van der Waals surface area contributed by atoms with Crippen LogP contribution in [0.3, 0.4) is 0 Å². The first-order valence-electron chi connectivity index (χ1n) is 6.99. The van der Waals surface area contributed by atoms with Gasteiger partial charge in [0.25, 0.3) is 5.91 Å². The summed E-state index contributed by atoms with van der Waals surface area (Å²) in [4.78, 5) is 13.9. The van der Waals surface area contributed by atoms with Crippen molar-refractivity contribution in [2.45, 2.75) is 33.1 Å². The summed E-state index contributed by atoms with van der Waals surface area (Å²) in [6.45, 7) is 5.68. The molecule has 4 nitrogen and oxygen atoms in total. The maximum atomic E-state index is 11.8. The standard InChI is InChI=1S/C15H25N3O/c1-4-6-7-10-18(3)14-11-12(8-9-13(14)16)15(19)17-5-2/h8-9,11H,4-7,10,16H2,1-3H3,(H,17,19). The van der Waals surface area contributed by atoms with E-state index in [1.54, 1.807) is 12.1 Å². The van der Waals surface area contributed by atoms with Crippen molar-refractivity contribution in [3.63, 3.8) is 0 Å². The van der Waals surface area contributed by atoms with Crippen molar-refractivity contribution in [2.75, 3.05) is 30.8 Å². The van der Waals surface area contributed by atoms with Gasteiger partial charge >= 0.3 is 0 Å². The molecule has 4 heteroatoms. The number of hydrogen-bond donors (Lipinski definition) is 2. The quantitative estimate of drug-likeness (QED) is 0.587. The molecule has 0 heterocycles. The molecular formula is C15H25N3O. The summed E-state index contributed by atoms with van der Waals surface area (Å²) in [6, 6.07) is 5.44. The van der Waals surface area contributed by atoms with Crippen LogP contribution in [0.15, 0.2) is 18.2 Å². The van der Waals surface area contributed by atoms with Crippen LogP contribution >= 0.6 is 0 Å². The number of hydrogen-bond acceptors (Lipinski definition) is 3. The first-order valence-corrected chi connectivity index (χ1v) is 6.99. The molecule has 0 aliphatic heterocycles. The molecule has 3 N–H and O–H groups in total. The Morgan fingerprint density at radius 2 is 2.05 bits per heavy atom. The number of carbonyl (C=O) groups is 1. The monoisotopic (exact) mass is 263 g/mol. The predicted molar refractivity (Wildman–Crippen MR) is 81.7 cm³/mol. The number of nitrogens with two attached hydrogens (primary N) is 1. The van der Waals surface area contributed by atoms with Crippen molar-refractivity contribution in [3.05, 3.63) is 23.8 Å². The van der Waals surface area contributed by atoms with Gasteiger partial charge in [-0.2, -0.15) is 0 Å². The van der Waals surface area contributed by atoms with E-state index in [9.17, 15) is 4.79 Å². The molecule has 0 saturated heterocycles. The Labute approximate surface area is 116 Å². The Kier molecular flexibility index (Phi) is 6.19. The predicted octanol–water partition coefficient (Wildman–Crippen LogP) is 2.64. The fourth-order valence-electron chi connectivity index (χ4n) is 2.00. The van der Waals surface area contributed by atoms with Crippen LogP contribution in [0.1, 0.15) is 43.5 Å². The molecule has 0 aromatic heterocycles. The summed E-state index contributed by atoms with van der Waals surface area (Å²) in [5.41, 5.74) is 8.30. The van der Waals surface area contributed by atoms with Crippen molar-refractivity contribution in [1.82, 2.24) is 5.32 Å². The van der Waals surface area contributed by atoms with Crippen molar-refractivity contribution >= 4 is 17.3 Å². The second-order valence-corrected chi connectivity index (χ2v) is 4.76. The van der Waals surface area contributed by atoms with Crippen molar-refractivity contribution < 1.29 is 4.79 Å². The lowest BCUT2D eigenvalue weighted by atomic mass is 10.1. The first-order chi connectivity index (χ1) is 9.10. The van der Waals surface area contributed by atoms with Gasteiger partial charge in [-0.25, -0.2) is 0 Å². The average molecular weight is 263 g/mol. The Balaban J connectivity index is 2.81. The maximum Gasteiger partial charge on any atom is 0.251 e. The van der Waals surface area contributed by atoms with E-state index < -0.39 is 0 Å². The van der Waals surface area contributed by atoms with Crippen LogP contribution in [-0.4, -0.2) is 26.0 Å². The van der Waals surface area contributed by atoms with E-state index in [0.717, 1.165) is 18.7 Å². The van der Waals surface area contributed by atoms with Crippen LogP contribution in [0.4, 0.5) is 11.4 Å². The lowest BCUT2D eigenvalue weighted by Gasteiger charge is -2.21. The Morgan fingerprint density at radius 3 is 2.68 bits per heavy atom. The van der Waals surface area contributed by atoms with Gasteiger partial charge in [0.15, 0.2) is 0 Å². The summed E-state index contributed by atoms with van der Waals surface area (Å²) in [5.74, 6) is -0.0503. The molecule has 106 valence electrons. The van der Waals surface area contributed by atoms with E-state index in [-0.39, 0.29) is 5.91 Å². The molecule has 0 atom stereocenters. The van der Waals surface area contributed by atoms with Gasteiger partial charge < -0.3 is 16.0 Å². The molecule has 0 aliphatic carbocycles. The summed E-state index contributed by atoms with van der Waals surface area (Å²) in [6.07, 6.45) is 3.54. The highest BCUT2D eigenvalue weighted by Gasteiger charge is 2.10. The van der Waals surface area contributed by atoms with Crippen LogP contribution in [0.25, 0.3) is 0 Å². The molecule has 1 aromatic carbocycles. The molecule has 0 fully saturated rings. The van der Waals surface area contributed by atoms with Crippen molar-refractivity contribution in [2.24, 2.45) is 0 Å². The van der Waals surface area contributed by atoms with E-state index >= 15 is 0 Å². The van der Waals surface area contributed by atoms with Gasteiger partial charge in [-0.3, -0.25) is 4.79 Å². The van der Waals surface area contributed by atoms with Gasteiger partial charge in [-0.05, 0) is 31.5 Å². The number of nitrogens with one attached hydrogen (secondary N) is 1. The summed E-state index contributed by atoms with van der Waals surface area (Å²) in [7, 11) is 2.02. The molecule has 0 unspecified atom stereocenters. The minimum Gasteiger partial charge on any atom is -0.397 e. The third kappa shape index (κ3) is 4.47. The lowest BCUT2D eigenvalue weighted by molar-refractivity contribution is 0.0956. The number of amides is 1. The molecule has 1 rings (SSSR count). The summed E-state index contributed by atoms with van der Waals surface area (Å²) in [5, 5.41) is 2.80. The molecule has 1 amide bonds. The molecule has 0 saturated carbocycles. The smallest absolute Gasteiger partial charge is 0.251 e. The van der Waals surface area contributed by atoms with Gasteiger partial charge in [0.05, 0.1) is 11.4 Å². The number of anilines is 2. The largest absolute Gasteiger partial charge is 0.397 e. The molecule has 19 heavy (non-hydrogen) atoms. The molecular weight excluding hydrogens is 238 g/mol. The summed E-state index contributed by atoms with van der Waals surface area (Å²) >= 11 is 0. The summed E-state index contributed by atoms with van der Waals surface area (Å²) < 4.78 is 0. The first kappa shape index (κ1) is 15.3. The Morgan fingerprint density at radius 1 is 1.32 bits per heavy atom. The highest BCUT2D eigenvalue weighted by molar-refractivity contribution is 5.96. The van der Waals surface area contributed by atoms with Gasteiger partial charge in [-0.15, -0.1) is 0 Å². The zero-order valence-electron chi connectivity index (χ0n) is 12.2. The fourth-order valence-corrected chi connectivity index (χ4v) is 2.00. The Hall–Kier alpha value is -1.71. The number of unbranched alkanes of at least 4 members (excludes halogenated alkanes) is 2. The number of benzene rings is 1. The van der Waals surface area contributed by atoms with E-state index in [2.05, 4.69) is 17.1 Å². The number of nitrogen functional groups attached to an aromatic ring is 1. The molecule has 0 radical (unpaired) electrons. The highest BCUT2D eigenvalue weighted by Crippen LogP contribution is 2.24. The van der Waals surface area contributed by atoms with Gasteiger partial charge in [0.2, 0.25) is 0 Å². The maximum absolute atomic E-state index is 11.8. The Bertz CT molecular complexity index is 418. The van der Waals surface area contributed by atoms with E-state index in [4.69, 9.17) is 5.73 Å². The molecule has 0 aliphatic rings. The van der Waals surface area contributed by atoms with Crippen LogP contribution in [-0.2, 0) is 0 Å². The van der Waals surface area contributed by atoms with Crippen molar-refractivity contribution in [1.29, 1.82) is 0 Å². The third-order valence-corrected chi connectivity index (χ3v) is 3.14. The minimum absolute atomic E-state index is 0.0503. The van der Waals surface area contributed by atoms with E-state index in [0.29, 0.717) is 17.8 Å². The number of rotatable bonds is 7. The molecule has 1 aromatic rings. The molecule has 0 bridgehead atoms. The average Bonchev–Trinajstić information content (AvgIpc) is 2.39. The third-order valence-electron chi connectivity index (χ3n) is 3.14. The van der Waals surface area contributed by atoms with Crippen LogP contribution < -0.4 is 16.0 Å². The van der Waals surface area contributed by atoms with Crippen LogP contribution in [0.2, 0.25) is 0 Å². The van der Waals surface area contributed by atoms with Crippen LogP contribution in [0.5, 0.6) is 0 Å².